The molecule has 0 amide bonds. The molecule has 54 valence electrons. The molecule has 0 radical (unpaired) electrons. The second-order valence-corrected chi connectivity index (χ2v) is 2.04. The zero-order chi connectivity index (χ0) is 7.11. The van der Waals surface area contributed by atoms with Gasteiger partial charge in [-0.05, 0) is 13.3 Å². The minimum atomic E-state index is 0.0289. The van der Waals surface area contributed by atoms with E-state index < -0.39 is 0 Å². The van der Waals surface area contributed by atoms with E-state index in [1.165, 1.54) is 0 Å². The lowest BCUT2D eigenvalue weighted by Crippen LogP contribution is -2.09. The van der Waals surface area contributed by atoms with Gasteiger partial charge in [0.2, 0.25) is 0 Å². The van der Waals surface area contributed by atoms with E-state index in [0.717, 1.165) is 6.42 Å². The lowest BCUT2D eigenvalue weighted by atomic mass is 10.1. The number of allylic oxidation sites excluding steroid dienone is 2. The lowest BCUT2D eigenvalue weighted by Gasteiger charge is -2.05. The maximum absolute atomic E-state index is 8.56. The van der Waals surface area contributed by atoms with E-state index >= 15 is 0 Å². The number of aliphatic hydroxyl groups is 2. The highest BCUT2D eigenvalue weighted by molar-refractivity contribution is 4.79. The van der Waals surface area contributed by atoms with Crippen molar-refractivity contribution >= 4 is 0 Å². The molecule has 0 aliphatic carbocycles. The van der Waals surface area contributed by atoms with Gasteiger partial charge in [-0.1, -0.05) is 12.2 Å². The molecule has 2 heteroatoms. The summed E-state index contributed by atoms with van der Waals surface area (Å²) in [5.74, 6) is 0.0289. The Morgan fingerprint density at radius 3 is 2.22 bits per heavy atom. The van der Waals surface area contributed by atoms with E-state index in [-0.39, 0.29) is 19.1 Å². The third kappa shape index (κ3) is 4.18. The smallest absolute Gasteiger partial charge is 0.0484 e. The predicted octanol–water partition coefficient (Wildman–Crippen LogP) is 0.553. The average molecular weight is 130 g/mol. The molecule has 9 heavy (non-hydrogen) atoms. The first-order chi connectivity index (χ1) is 4.35. The Morgan fingerprint density at radius 1 is 1.33 bits per heavy atom. The Hall–Kier alpha value is -0.340. The minimum Gasteiger partial charge on any atom is -0.396 e. The van der Waals surface area contributed by atoms with Gasteiger partial charge in [0.05, 0.1) is 0 Å². The van der Waals surface area contributed by atoms with Crippen LogP contribution in [0.4, 0.5) is 0 Å². The molecule has 0 fully saturated rings. The van der Waals surface area contributed by atoms with E-state index in [1.807, 2.05) is 19.1 Å². The van der Waals surface area contributed by atoms with Crippen LogP contribution in [0.15, 0.2) is 12.2 Å². The van der Waals surface area contributed by atoms with Crippen molar-refractivity contribution in [3.05, 3.63) is 12.2 Å². The second kappa shape index (κ2) is 5.79. The lowest BCUT2D eigenvalue weighted by molar-refractivity contribution is 0.152. The van der Waals surface area contributed by atoms with E-state index in [0.29, 0.717) is 0 Å². The summed E-state index contributed by atoms with van der Waals surface area (Å²) in [7, 11) is 0. The Bertz CT molecular complexity index is 75.0. The summed E-state index contributed by atoms with van der Waals surface area (Å²) in [6.07, 6.45) is 4.62. The van der Waals surface area contributed by atoms with Crippen LogP contribution in [-0.2, 0) is 0 Å². The molecule has 0 aliphatic rings. The van der Waals surface area contributed by atoms with Crippen LogP contribution in [0.5, 0.6) is 0 Å². The molecule has 2 N–H and O–H groups in total. The second-order valence-electron chi connectivity index (χ2n) is 2.04. The van der Waals surface area contributed by atoms with Gasteiger partial charge in [-0.3, -0.25) is 0 Å². The Labute approximate surface area is 55.8 Å². The summed E-state index contributed by atoms with van der Waals surface area (Å²) in [4.78, 5) is 0. The molecule has 0 aromatic rings. The fourth-order valence-electron chi connectivity index (χ4n) is 0.535. The highest BCUT2D eigenvalue weighted by atomic mass is 16.3. The molecule has 0 heterocycles. The Morgan fingerprint density at radius 2 is 1.89 bits per heavy atom. The van der Waals surface area contributed by atoms with Gasteiger partial charge in [-0.25, -0.2) is 0 Å². The summed E-state index contributed by atoms with van der Waals surface area (Å²) >= 11 is 0. The van der Waals surface area contributed by atoms with Crippen LogP contribution in [-0.4, -0.2) is 23.4 Å². The van der Waals surface area contributed by atoms with Gasteiger partial charge in [-0.15, -0.1) is 0 Å². The molecule has 0 rings (SSSR count). The van der Waals surface area contributed by atoms with Gasteiger partial charge in [0.1, 0.15) is 0 Å². The van der Waals surface area contributed by atoms with Gasteiger partial charge >= 0.3 is 0 Å². The van der Waals surface area contributed by atoms with Crippen molar-refractivity contribution in [2.24, 2.45) is 5.92 Å². The third-order valence-electron chi connectivity index (χ3n) is 1.22. The van der Waals surface area contributed by atoms with Crippen LogP contribution >= 0.6 is 0 Å². The van der Waals surface area contributed by atoms with E-state index in [1.54, 1.807) is 0 Å². The van der Waals surface area contributed by atoms with Crippen LogP contribution in [0.25, 0.3) is 0 Å². The van der Waals surface area contributed by atoms with Crippen LogP contribution < -0.4 is 0 Å². The molecular weight excluding hydrogens is 116 g/mol. The first-order valence-electron chi connectivity index (χ1n) is 3.18. The summed E-state index contributed by atoms with van der Waals surface area (Å²) in [6.45, 7) is 2.06. The third-order valence-corrected chi connectivity index (χ3v) is 1.22. The van der Waals surface area contributed by atoms with Crippen molar-refractivity contribution in [2.75, 3.05) is 13.2 Å². The molecular formula is C7H14O2. The standard InChI is InChI=1S/C7H14O2/c1-2-3-4-7(5-8)6-9/h2-3,7-9H,4-6H2,1H3/b3-2-. The van der Waals surface area contributed by atoms with Crippen LogP contribution in [0.2, 0.25) is 0 Å². The molecule has 0 aromatic carbocycles. The summed E-state index contributed by atoms with van der Waals surface area (Å²) in [6, 6.07) is 0. The maximum atomic E-state index is 8.56. The minimum absolute atomic E-state index is 0.0289. The van der Waals surface area contributed by atoms with Gasteiger partial charge in [0.15, 0.2) is 0 Å². The molecule has 2 nitrogen and oxygen atoms in total. The fourth-order valence-corrected chi connectivity index (χ4v) is 0.535. The van der Waals surface area contributed by atoms with Gasteiger partial charge in [-0.2, -0.15) is 0 Å². The summed E-state index contributed by atoms with van der Waals surface area (Å²) in [5.41, 5.74) is 0. The van der Waals surface area contributed by atoms with Gasteiger partial charge in [0, 0.05) is 19.1 Å². The zero-order valence-corrected chi connectivity index (χ0v) is 5.75. The first-order valence-corrected chi connectivity index (χ1v) is 3.18. The molecule has 0 atom stereocenters. The fraction of sp³-hybridized carbons (Fsp3) is 0.714. The van der Waals surface area contributed by atoms with Crippen LogP contribution in [0.1, 0.15) is 13.3 Å². The normalized spacial score (nSPS) is 11.6. The molecule has 0 aromatic heterocycles. The first kappa shape index (κ1) is 8.66. The van der Waals surface area contributed by atoms with Crippen molar-refractivity contribution in [3.8, 4) is 0 Å². The van der Waals surface area contributed by atoms with Crippen LogP contribution in [0.3, 0.4) is 0 Å². The molecule has 0 bridgehead atoms. The van der Waals surface area contributed by atoms with Crippen molar-refractivity contribution in [3.63, 3.8) is 0 Å². The zero-order valence-electron chi connectivity index (χ0n) is 5.75. The summed E-state index contributed by atoms with van der Waals surface area (Å²) < 4.78 is 0. The van der Waals surface area contributed by atoms with E-state index in [4.69, 9.17) is 10.2 Å². The summed E-state index contributed by atoms with van der Waals surface area (Å²) in [5, 5.41) is 17.1. The molecule has 0 unspecified atom stereocenters. The number of aliphatic hydroxyl groups excluding tert-OH is 2. The Balaban J connectivity index is 3.31. The molecule has 0 saturated carbocycles. The molecule has 0 spiro atoms. The molecule has 0 saturated heterocycles. The average Bonchev–Trinajstić information content (AvgIpc) is 1.91. The maximum Gasteiger partial charge on any atom is 0.0484 e. The van der Waals surface area contributed by atoms with Crippen molar-refractivity contribution < 1.29 is 10.2 Å². The van der Waals surface area contributed by atoms with Crippen LogP contribution in [0, 0.1) is 5.92 Å². The SMILES string of the molecule is C/C=C\CC(CO)CO. The van der Waals surface area contributed by atoms with Crippen molar-refractivity contribution in [1.82, 2.24) is 0 Å². The monoisotopic (exact) mass is 130 g/mol. The largest absolute Gasteiger partial charge is 0.396 e. The number of rotatable bonds is 4. The van der Waals surface area contributed by atoms with Gasteiger partial charge < -0.3 is 10.2 Å². The molecule has 0 aliphatic heterocycles. The quantitative estimate of drug-likeness (QED) is 0.546. The predicted molar refractivity (Wildman–Crippen MR) is 37.1 cm³/mol. The van der Waals surface area contributed by atoms with Crippen molar-refractivity contribution in [2.45, 2.75) is 13.3 Å². The highest BCUT2D eigenvalue weighted by Crippen LogP contribution is 2.00. The topological polar surface area (TPSA) is 40.5 Å². The number of hydrogen-bond donors (Lipinski definition) is 2. The van der Waals surface area contributed by atoms with E-state index in [9.17, 15) is 0 Å². The Kier molecular flexibility index (Phi) is 5.57. The number of hydrogen-bond acceptors (Lipinski definition) is 2. The van der Waals surface area contributed by atoms with E-state index in [2.05, 4.69) is 0 Å². The van der Waals surface area contributed by atoms with Gasteiger partial charge in [0.25, 0.3) is 0 Å². The van der Waals surface area contributed by atoms with Crippen molar-refractivity contribution in [1.29, 1.82) is 0 Å². The highest BCUT2D eigenvalue weighted by Gasteiger charge is 2.00.